The first-order valence-electron chi connectivity index (χ1n) is 7.79. The van der Waals surface area contributed by atoms with Crippen LogP contribution in [0.5, 0.6) is 0 Å². The maximum absolute atomic E-state index is 11.1. The molecule has 1 aliphatic heterocycles. The van der Waals surface area contributed by atoms with Crippen LogP contribution in [0.1, 0.15) is 18.1 Å². The lowest BCUT2D eigenvalue weighted by Gasteiger charge is -2.35. The Morgan fingerprint density at radius 3 is 2.27 bits per heavy atom. The van der Waals surface area contributed by atoms with Gasteiger partial charge in [-0.25, -0.2) is 8.42 Å². The summed E-state index contributed by atoms with van der Waals surface area (Å²) < 4.78 is 22.3. The van der Waals surface area contributed by atoms with E-state index in [1.165, 1.54) is 6.26 Å². The molecule has 0 radical (unpaired) electrons. The standard InChI is InChI=1S/C16H26N2O3S/c1-22(20,21)13-5-8-17-9-11-18(12-10-17)14-16(19)15-6-3-2-4-7-15/h2-4,6-7,16,19H,5,8-14H2,1H3. The van der Waals surface area contributed by atoms with E-state index in [0.717, 1.165) is 38.3 Å². The van der Waals surface area contributed by atoms with Crippen LogP contribution in [-0.4, -0.2) is 74.6 Å². The third-order valence-corrected chi connectivity index (χ3v) is 5.10. The smallest absolute Gasteiger partial charge is 0.147 e. The molecule has 0 saturated carbocycles. The van der Waals surface area contributed by atoms with Crippen LogP contribution in [0, 0.1) is 0 Å². The summed E-state index contributed by atoms with van der Waals surface area (Å²) in [7, 11) is -2.85. The minimum absolute atomic E-state index is 0.264. The Balaban J connectivity index is 1.69. The molecule has 0 spiro atoms. The maximum Gasteiger partial charge on any atom is 0.147 e. The second-order valence-corrected chi connectivity index (χ2v) is 8.31. The quantitative estimate of drug-likeness (QED) is 0.802. The largest absolute Gasteiger partial charge is 0.387 e. The van der Waals surface area contributed by atoms with Gasteiger partial charge in [0.1, 0.15) is 9.84 Å². The van der Waals surface area contributed by atoms with Crippen LogP contribution in [0.25, 0.3) is 0 Å². The van der Waals surface area contributed by atoms with Crippen molar-refractivity contribution in [3.63, 3.8) is 0 Å². The van der Waals surface area contributed by atoms with Crippen molar-refractivity contribution in [2.45, 2.75) is 12.5 Å². The van der Waals surface area contributed by atoms with E-state index in [4.69, 9.17) is 0 Å². The fourth-order valence-corrected chi connectivity index (χ4v) is 3.42. The lowest BCUT2D eigenvalue weighted by Crippen LogP contribution is -2.47. The van der Waals surface area contributed by atoms with Crippen molar-refractivity contribution in [1.82, 2.24) is 9.80 Å². The number of aliphatic hydroxyl groups excluding tert-OH is 1. The molecule has 124 valence electrons. The Hall–Kier alpha value is -0.950. The zero-order chi connectivity index (χ0) is 16.0. The summed E-state index contributed by atoms with van der Waals surface area (Å²) in [6, 6.07) is 9.74. The van der Waals surface area contributed by atoms with Gasteiger partial charge in [0.2, 0.25) is 0 Å². The highest BCUT2D eigenvalue weighted by atomic mass is 32.2. The fraction of sp³-hybridized carbons (Fsp3) is 0.625. The van der Waals surface area contributed by atoms with Crippen molar-refractivity contribution in [2.75, 3.05) is 51.3 Å². The van der Waals surface area contributed by atoms with E-state index in [-0.39, 0.29) is 5.75 Å². The van der Waals surface area contributed by atoms with Crippen molar-refractivity contribution in [2.24, 2.45) is 0 Å². The minimum atomic E-state index is -2.85. The first-order valence-corrected chi connectivity index (χ1v) is 9.85. The second-order valence-electron chi connectivity index (χ2n) is 6.05. The van der Waals surface area contributed by atoms with Gasteiger partial charge in [-0.3, -0.25) is 4.90 Å². The SMILES string of the molecule is CS(=O)(=O)CCCN1CCN(CC(O)c2ccccc2)CC1. The van der Waals surface area contributed by atoms with Gasteiger partial charge in [0, 0.05) is 39.0 Å². The Morgan fingerprint density at radius 1 is 1.09 bits per heavy atom. The number of hydrogen-bond donors (Lipinski definition) is 1. The molecule has 1 atom stereocenters. The van der Waals surface area contributed by atoms with Crippen LogP contribution >= 0.6 is 0 Å². The lowest BCUT2D eigenvalue weighted by atomic mass is 10.1. The number of nitrogens with zero attached hydrogens (tertiary/aromatic N) is 2. The van der Waals surface area contributed by atoms with Crippen LogP contribution < -0.4 is 0 Å². The molecule has 2 rings (SSSR count). The van der Waals surface area contributed by atoms with Crippen molar-refractivity contribution in [3.05, 3.63) is 35.9 Å². The van der Waals surface area contributed by atoms with Crippen LogP contribution in [0.15, 0.2) is 30.3 Å². The summed E-state index contributed by atoms with van der Waals surface area (Å²) in [5.41, 5.74) is 0.957. The van der Waals surface area contributed by atoms with E-state index in [1.54, 1.807) is 0 Å². The highest BCUT2D eigenvalue weighted by molar-refractivity contribution is 7.90. The molecule has 0 amide bonds. The molecule has 1 aliphatic rings. The summed E-state index contributed by atoms with van der Waals surface area (Å²) in [6.07, 6.45) is 1.54. The lowest BCUT2D eigenvalue weighted by molar-refractivity contribution is 0.0727. The van der Waals surface area contributed by atoms with Crippen molar-refractivity contribution in [3.8, 4) is 0 Å². The molecule has 1 heterocycles. The van der Waals surface area contributed by atoms with Gasteiger partial charge in [0.15, 0.2) is 0 Å². The average molecular weight is 326 g/mol. The number of β-amino-alcohol motifs (C(OH)–C–C–N with tert-alkyl or cyclic N) is 1. The van der Waals surface area contributed by atoms with Crippen LogP contribution in [0.3, 0.4) is 0 Å². The predicted molar refractivity (Wildman–Crippen MR) is 88.6 cm³/mol. The fourth-order valence-electron chi connectivity index (χ4n) is 2.77. The normalized spacial score (nSPS) is 19.2. The van der Waals surface area contributed by atoms with Gasteiger partial charge in [-0.05, 0) is 18.5 Å². The van der Waals surface area contributed by atoms with Gasteiger partial charge in [-0.1, -0.05) is 30.3 Å². The molecule has 1 aromatic rings. The van der Waals surface area contributed by atoms with E-state index in [1.807, 2.05) is 30.3 Å². The van der Waals surface area contributed by atoms with Gasteiger partial charge >= 0.3 is 0 Å². The van der Waals surface area contributed by atoms with Crippen LogP contribution in [0.4, 0.5) is 0 Å². The molecule has 5 nitrogen and oxygen atoms in total. The van der Waals surface area contributed by atoms with Crippen LogP contribution in [0.2, 0.25) is 0 Å². The summed E-state index contributed by atoms with van der Waals surface area (Å²) >= 11 is 0. The second kappa shape index (κ2) is 8.06. The van der Waals surface area contributed by atoms with Gasteiger partial charge in [-0.2, -0.15) is 0 Å². The molecule has 1 saturated heterocycles. The monoisotopic (exact) mass is 326 g/mol. The molecule has 1 N–H and O–H groups in total. The van der Waals surface area contributed by atoms with Gasteiger partial charge < -0.3 is 10.0 Å². The predicted octanol–water partition coefficient (Wildman–Crippen LogP) is 0.772. The molecule has 0 aromatic heterocycles. The van der Waals surface area contributed by atoms with E-state index in [0.29, 0.717) is 13.0 Å². The van der Waals surface area contributed by atoms with Gasteiger partial charge in [-0.15, -0.1) is 0 Å². The highest BCUT2D eigenvalue weighted by Gasteiger charge is 2.19. The third kappa shape index (κ3) is 6.04. The summed E-state index contributed by atoms with van der Waals surface area (Å²) in [5, 5.41) is 10.2. The van der Waals surface area contributed by atoms with E-state index >= 15 is 0 Å². The number of rotatable bonds is 7. The average Bonchev–Trinajstić information content (AvgIpc) is 2.49. The molecule has 6 heteroatoms. The number of aliphatic hydroxyl groups is 1. The van der Waals surface area contributed by atoms with Crippen molar-refractivity contribution < 1.29 is 13.5 Å². The first kappa shape index (κ1) is 17.4. The summed E-state index contributed by atoms with van der Waals surface area (Å²) in [6.45, 7) is 5.20. The number of benzene rings is 1. The molecule has 0 aliphatic carbocycles. The van der Waals surface area contributed by atoms with E-state index in [2.05, 4.69) is 9.80 Å². The van der Waals surface area contributed by atoms with Crippen LogP contribution in [-0.2, 0) is 9.84 Å². The zero-order valence-electron chi connectivity index (χ0n) is 13.2. The maximum atomic E-state index is 11.1. The Morgan fingerprint density at radius 2 is 1.68 bits per heavy atom. The summed E-state index contributed by atoms with van der Waals surface area (Å²) in [5.74, 6) is 0.264. The van der Waals surface area contributed by atoms with Crippen molar-refractivity contribution >= 4 is 9.84 Å². The molecule has 22 heavy (non-hydrogen) atoms. The topological polar surface area (TPSA) is 60.9 Å². The Bertz CT molecular complexity index is 540. The van der Waals surface area contributed by atoms with E-state index < -0.39 is 15.9 Å². The minimum Gasteiger partial charge on any atom is -0.387 e. The molecule has 1 aromatic carbocycles. The zero-order valence-corrected chi connectivity index (χ0v) is 14.0. The summed E-state index contributed by atoms with van der Waals surface area (Å²) in [4.78, 5) is 4.57. The van der Waals surface area contributed by atoms with Gasteiger partial charge in [0.05, 0.1) is 11.9 Å². The Kier molecular flexibility index (Phi) is 6.37. The number of hydrogen-bond acceptors (Lipinski definition) is 5. The third-order valence-electron chi connectivity index (χ3n) is 4.07. The number of sulfone groups is 1. The molecular weight excluding hydrogens is 300 g/mol. The molecule has 1 unspecified atom stereocenters. The number of piperazine rings is 1. The highest BCUT2D eigenvalue weighted by Crippen LogP contribution is 2.15. The molecule has 1 fully saturated rings. The molecule has 0 bridgehead atoms. The Labute approximate surface area is 133 Å². The van der Waals surface area contributed by atoms with Crippen molar-refractivity contribution in [1.29, 1.82) is 0 Å². The first-order chi connectivity index (χ1) is 10.4. The molecular formula is C16H26N2O3S. The van der Waals surface area contributed by atoms with E-state index in [9.17, 15) is 13.5 Å². The van der Waals surface area contributed by atoms with Gasteiger partial charge in [0.25, 0.3) is 0 Å².